The van der Waals surface area contributed by atoms with Crippen LogP contribution in [0.4, 0.5) is 0 Å². The maximum absolute atomic E-state index is 12.2. The highest BCUT2D eigenvalue weighted by Crippen LogP contribution is 2.23. The number of nitrogens with zero attached hydrogens (tertiary/aromatic N) is 1. The number of carbonyl (C=O) groups excluding carboxylic acids is 1. The maximum atomic E-state index is 12.2. The molecular weight excluding hydrogens is 272 g/mol. The highest BCUT2D eigenvalue weighted by Gasteiger charge is 2.37. The van der Waals surface area contributed by atoms with Gasteiger partial charge in [0.25, 0.3) is 5.91 Å². The van der Waals surface area contributed by atoms with Crippen molar-refractivity contribution in [2.45, 2.75) is 12.5 Å². The van der Waals surface area contributed by atoms with E-state index in [1.54, 1.807) is 30.3 Å². The molecule has 6 nitrogen and oxygen atoms in total. The second kappa shape index (κ2) is 5.62. The molecule has 0 aliphatic carbocycles. The molecule has 0 aliphatic rings. The minimum absolute atomic E-state index is 0.0339. The molecule has 1 heterocycles. The summed E-state index contributed by atoms with van der Waals surface area (Å²) in [5.41, 5.74) is -1.21. The molecule has 1 atom stereocenters. The summed E-state index contributed by atoms with van der Waals surface area (Å²) in [4.78, 5) is 27.5. The lowest BCUT2D eigenvalue weighted by molar-refractivity contribution is -0.144. The Bertz CT molecular complexity index is 672. The Kier molecular flexibility index (Phi) is 3.89. The van der Waals surface area contributed by atoms with Crippen LogP contribution >= 0.6 is 0 Å². The number of carboxylic acid groups (broad SMARTS) is 1. The van der Waals surface area contributed by atoms with E-state index in [0.717, 1.165) is 6.20 Å². The largest absolute Gasteiger partial charge is 0.505 e. The first-order valence-corrected chi connectivity index (χ1v) is 6.19. The third-order valence-corrected chi connectivity index (χ3v) is 3.19. The zero-order chi connectivity index (χ0) is 15.5. The monoisotopic (exact) mass is 286 g/mol. The maximum Gasteiger partial charge on any atom is 0.333 e. The molecule has 21 heavy (non-hydrogen) atoms. The predicted molar refractivity (Wildman–Crippen MR) is 74.8 cm³/mol. The van der Waals surface area contributed by atoms with Gasteiger partial charge in [-0.25, -0.2) is 4.79 Å². The van der Waals surface area contributed by atoms with Gasteiger partial charge in [0.05, 0.1) is 11.8 Å². The number of carboxylic acids is 1. The lowest BCUT2D eigenvalue weighted by Gasteiger charge is -2.26. The molecule has 0 fully saturated rings. The molecule has 2 aromatic rings. The summed E-state index contributed by atoms with van der Waals surface area (Å²) in [6.07, 6.45) is 2.46. The number of aliphatic carboxylic acids is 1. The van der Waals surface area contributed by atoms with Gasteiger partial charge in [-0.15, -0.1) is 0 Å². The van der Waals surface area contributed by atoms with Crippen LogP contribution in [0, 0.1) is 0 Å². The molecule has 1 aromatic carbocycles. The summed E-state index contributed by atoms with van der Waals surface area (Å²) < 4.78 is 0. The second-order valence-corrected chi connectivity index (χ2v) is 4.64. The van der Waals surface area contributed by atoms with Gasteiger partial charge in [0, 0.05) is 6.20 Å². The zero-order valence-corrected chi connectivity index (χ0v) is 11.3. The van der Waals surface area contributed by atoms with Crippen molar-refractivity contribution in [2.24, 2.45) is 0 Å². The molecule has 3 N–H and O–H groups in total. The molecular formula is C15H14N2O4. The van der Waals surface area contributed by atoms with Crippen LogP contribution in [0.15, 0.2) is 48.8 Å². The standard InChI is InChI=1S/C15H14N2O4/c1-15(14(20)21,10-5-3-2-4-6-10)17-13(19)11-7-8-16-9-12(11)18/h2-9,18H,1H3,(H,17,19)(H,20,21). The Morgan fingerprint density at radius 1 is 1.19 bits per heavy atom. The summed E-state index contributed by atoms with van der Waals surface area (Å²) in [7, 11) is 0. The Balaban J connectivity index is 2.36. The zero-order valence-electron chi connectivity index (χ0n) is 11.3. The summed E-state index contributed by atoms with van der Waals surface area (Å²) in [6, 6.07) is 9.67. The highest BCUT2D eigenvalue weighted by molar-refractivity contribution is 5.99. The van der Waals surface area contributed by atoms with E-state index < -0.39 is 17.4 Å². The minimum atomic E-state index is -1.60. The Morgan fingerprint density at radius 2 is 1.86 bits per heavy atom. The SMILES string of the molecule is CC(NC(=O)c1ccncc1O)(C(=O)O)c1ccccc1. The average Bonchev–Trinajstić information content (AvgIpc) is 2.48. The van der Waals surface area contributed by atoms with Crippen molar-refractivity contribution in [1.29, 1.82) is 0 Å². The normalized spacial score (nSPS) is 13.2. The molecule has 0 saturated carbocycles. The summed E-state index contributed by atoms with van der Waals surface area (Å²) in [5, 5.41) is 21.5. The van der Waals surface area contributed by atoms with E-state index in [4.69, 9.17) is 0 Å². The molecule has 0 aliphatic heterocycles. The van der Waals surface area contributed by atoms with Gasteiger partial charge in [0.1, 0.15) is 5.75 Å². The van der Waals surface area contributed by atoms with E-state index in [1.807, 2.05) is 0 Å². The number of aromatic nitrogens is 1. The predicted octanol–water partition coefficient (Wildman–Crippen LogP) is 1.52. The Hall–Kier alpha value is -2.89. The molecule has 1 unspecified atom stereocenters. The lowest BCUT2D eigenvalue weighted by atomic mass is 9.91. The molecule has 0 spiro atoms. The van der Waals surface area contributed by atoms with Crippen LogP contribution in [-0.2, 0) is 10.3 Å². The average molecular weight is 286 g/mol. The molecule has 1 amide bonds. The number of pyridine rings is 1. The van der Waals surface area contributed by atoms with E-state index in [-0.39, 0.29) is 11.3 Å². The fraction of sp³-hybridized carbons (Fsp3) is 0.133. The van der Waals surface area contributed by atoms with Crippen LogP contribution < -0.4 is 5.32 Å². The van der Waals surface area contributed by atoms with Gasteiger partial charge in [-0.2, -0.15) is 0 Å². The minimum Gasteiger partial charge on any atom is -0.505 e. The van der Waals surface area contributed by atoms with E-state index >= 15 is 0 Å². The van der Waals surface area contributed by atoms with Crippen LogP contribution in [0.25, 0.3) is 0 Å². The number of nitrogens with one attached hydrogen (secondary N) is 1. The van der Waals surface area contributed by atoms with Gasteiger partial charge in [-0.05, 0) is 18.6 Å². The molecule has 0 radical (unpaired) electrons. The van der Waals surface area contributed by atoms with Crippen LogP contribution in [0.5, 0.6) is 5.75 Å². The molecule has 108 valence electrons. The van der Waals surface area contributed by atoms with E-state index in [0.29, 0.717) is 5.56 Å². The van der Waals surface area contributed by atoms with E-state index in [9.17, 15) is 19.8 Å². The van der Waals surface area contributed by atoms with Crippen LogP contribution in [0.2, 0.25) is 0 Å². The first kappa shape index (κ1) is 14.5. The van der Waals surface area contributed by atoms with Crippen LogP contribution in [0.1, 0.15) is 22.8 Å². The van der Waals surface area contributed by atoms with Crippen LogP contribution in [-0.4, -0.2) is 27.1 Å². The summed E-state index contributed by atoms with van der Waals surface area (Å²) in [5.74, 6) is -2.20. The van der Waals surface area contributed by atoms with E-state index in [2.05, 4.69) is 10.3 Å². The lowest BCUT2D eigenvalue weighted by Crippen LogP contribution is -2.49. The highest BCUT2D eigenvalue weighted by atomic mass is 16.4. The molecule has 2 rings (SSSR count). The molecule has 1 aromatic heterocycles. The van der Waals surface area contributed by atoms with Crippen LogP contribution in [0.3, 0.4) is 0 Å². The van der Waals surface area contributed by atoms with Crippen molar-refractivity contribution in [3.63, 3.8) is 0 Å². The molecule has 0 bridgehead atoms. The molecule has 6 heteroatoms. The topological polar surface area (TPSA) is 99.5 Å². The van der Waals surface area contributed by atoms with Gasteiger partial charge in [-0.1, -0.05) is 30.3 Å². The third-order valence-electron chi connectivity index (χ3n) is 3.19. The fourth-order valence-corrected chi connectivity index (χ4v) is 1.89. The number of hydrogen-bond donors (Lipinski definition) is 3. The van der Waals surface area contributed by atoms with Crippen molar-refractivity contribution >= 4 is 11.9 Å². The van der Waals surface area contributed by atoms with Gasteiger partial charge < -0.3 is 15.5 Å². The third kappa shape index (κ3) is 2.84. The van der Waals surface area contributed by atoms with Crippen molar-refractivity contribution in [1.82, 2.24) is 10.3 Å². The van der Waals surface area contributed by atoms with Crippen molar-refractivity contribution in [3.05, 3.63) is 59.9 Å². The summed E-state index contributed by atoms with van der Waals surface area (Å²) >= 11 is 0. The van der Waals surface area contributed by atoms with Gasteiger partial charge in [-0.3, -0.25) is 9.78 Å². The Morgan fingerprint density at radius 3 is 2.43 bits per heavy atom. The van der Waals surface area contributed by atoms with Crippen molar-refractivity contribution in [3.8, 4) is 5.75 Å². The summed E-state index contributed by atoms with van der Waals surface area (Å²) in [6.45, 7) is 1.39. The van der Waals surface area contributed by atoms with E-state index in [1.165, 1.54) is 19.2 Å². The van der Waals surface area contributed by atoms with Crippen molar-refractivity contribution < 1.29 is 19.8 Å². The van der Waals surface area contributed by atoms with Crippen molar-refractivity contribution in [2.75, 3.05) is 0 Å². The number of hydrogen-bond acceptors (Lipinski definition) is 4. The van der Waals surface area contributed by atoms with Gasteiger partial charge in [0.15, 0.2) is 5.54 Å². The second-order valence-electron chi connectivity index (χ2n) is 4.64. The number of amides is 1. The number of aromatic hydroxyl groups is 1. The molecule has 0 saturated heterocycles. The number of carbonyl (C=O) groups is 2. The quantitative estimate of drug-likeness (QED) is 0.791. The number of benzene rings is 1. The smallest absolute Gasteiger partial charge is 0.333 e. The first-order valence-electron chi connectivity index (χ1n) is 6.19. The van der Waals surface area contributed by atoms with Gasteiger partial charge >= 0.3 is 5.97 Å². The van der Waals surface area contributed by atoms with Gasteiger partial charge in [0.2, 0.25) is 0 Å². The number of rotatable bonds is 4. The Labute approximate surface area is 121 Å². The first-order chi connectivity index (χ1) is 9.95. The fourth-order valence-electron chi connectivity index (χ4n) is 1.89.